The lowest BCUT2D eigenvalue weighted by atomic mass is 10.0. The standard InChI is InChI=1S/C29H31N5O3/c1-18-16-34(17-19(2)37-18)29(36)23-12-10-21(11-13-23)15-30-28(35)24-14-25(22-8-6-5-7-9-22)31-27-26(24)20(3)32-33(27)4/h5-14,18-19H,15-17H2,1-4H3,(H,30,35). The van der Waals surface area contributed by atoms with Crippen molar-refractivity contribution in [2.45, 2.75) is 39.5 Å². The zero-order valence-corrected chi connectivity index (χ0v) is 21.6. The van der Waals surface area contributed by atoms with Crippen LogP contribution in [0.25, 0.3) is 22.3 Å². The van der Waals surface area contributed by atoms with Crippen LogP contribution in [0.2, 0.25) is 0 Å². The van der Waals surface area contributed by atoms with Gasteiger partial charge in [0.2, 0.25) is 0 Å². The van der Waals surface area contributed by atoms with Crippen LogP contribution in [0.4, 0.5) is 0 Å². The van der Waals surface area contributed by atoms with Crippen LogP contribution >= 0.6 is 0 Å². The Morgan fingerprint density at radius 2 is 1.70 bits per heavy atom. The van der Waals surface area contributed by atoms with Gasteiger partial charge in [-0.2, -0.15) is 5.10 Å². The molecule has 0 saturated carbocycles. The number of nitrogens with one attached hydrogen (secondary N) is 1. The van der Waals surface area contributed by atoms with Gasteiger partial charge in [0.05, 0.1) is 34.5 Å². The predicted molar refractivity (Wildman–Crippen MR) is 142 cm³/mol. The van der Waals surface area contributed by atoms with Gasteiger partial charge in [-0.25, -0.2) is 4.98 Å². The van der Waals surface area contributed by atoms with Gasteiger partial charge in [-0.05, 0) is 44.5 Å². The molecule has 8 heteroatoms. The molecule has 0 aliphatic carbocycles. The molecule has 4 aromatic rings. The number of aromatic nitrogens is 3. The van der Waals surface area contributed by atoms with Gasteiger partial charge in [0, 0.05) is 37.8 Å². The molecule has 1 aliphatic rings. The Labute approximate surface area is 216 Å². The second kappa shape index (κ2) is 10.1. The van der Waals surface area contributed by atoms with Crippen molar-refractivity contribution in [2.24, 2.45) is 7.05 Å². The summed E-state index contributed by atoms with van der Waals surface area (Å²) < 4.78 is 7.44. The molecule has 0 spiro atoms. The summed E-state index contributed by atoms with van der Waals surface area (Å²) in [7, 11) is 1.83. The number of hydrogen-bond acceptors (Lipinski definition) is 5. The smallest absolute Gasteiger partial charge is 0.254 e. The summed E-state index contributed by atoms with van der Waals surface area (Å²) in [5.41, 5.74) is 5.15. The van der Waals surface area contributed by atoms with E-state index in [0.29, 0.717) is 36.4 Å². The average molecular weight is 498 g/mol. The fourth-order valence-electron chi connectivity index (χ4n) is 4.95. The number of ether oxygens (including phenoxy) is 1. The van der Waals surface area contributed by atoms with E-state index in [9.17, 15) is 9.59 Å². The molecule has 37 heavy (non-hydrogen) atoms. The lowest BCUT2D eigenvalue weighted by Gasteiger charge is -2.35. The Morgan fingerprint density at radius 1 is 1.03 bits per heavy atom. The molecule has 1 saturated heterocycles. The molecule has 2 amide bonds. The number of aryl methyl sites for hydroxylation is 2. The highest BCUT2D eigenvalue weighted by atomic mass is 16.5. The van der Waals surface area contributed by atoms with Crippen LogP contribution in [0.15, 0.2) is 60.7 Å². The molecule has 5 rings (SSSR count). The molecule has 2 atom stereocenters. The van der Waals surface area contributed by atoms with E-state index in [4.69, 9.17) is 9.72 Å². The molecule has 3 heterocycles. The van der Waals surface area contributed by atoms with Gasteiger partial charge in [-0.1, -0.05) is 42.5 Å². The Morgan fingerprint density at radius 3 is 2.38 bits per heavy atom. The second-order valence-corrected chi connectivity index (χ2v) is 9.68. The monoisotopic (exact) mass is 497 g/mol. The molecular formula is C29H31N5O3. The summed E-state index contributed by atoms with van der Waals surface area (Å²) in [5.74, 6) is -0.200. The molecule has 1 N–H and O–H groups in total. The van der Waals surface area contributed by atoms with Crippen molar-refractivity contribution in [2.75, 3.05) is 13.1 Å². The largest absolute Gasteiger partial charge is 0.372 e. The van der Waals surface area contributed by atoms with Gasteiger partial charge in [-0.15, -0.1) is 0 Å². The number of carbonyl (C=O) groups is 2. The van der Waals surface area contributed by atoms with Crippen LogP contribution in [0.3, 0.4) is 0 Å². The van der Waals surface area contributed by atoms with Gasteiger partial charge in [-0.3, -0.25) is 14.3 Å². The van der Waals surface area contributed by atoms with E-state index in [0.717, 1.165) is 27.9 Å². The SMILES string of the molecule is Cc1nn(C)c2nc(-c3ccccc3)cc(C(=O)NCc3ccc(C(=O)N4CC(C)OC(C)C4)cc3)c12. The van der Waals surface area contributed by atoms with Gasteiger partial charge in [0.15, 0.2) is 5.65 Å². The first-order valence-electron chi connectivity index (χ1n) is 12.5. The maximum atomic E-state index is 13.4. The van der Waals surface area contributed by atoms with E-state index < -0.39 is 0 Å². The average Bonchev–Trinajstić information content (AvgIpc) is 3.19. The zero-order chi connectivity index (χ0) is 26.1. The molecule has 8 nitrogen and oxygen atoms in total. The molecule has 2 aromatic heterocycles. The number of benzene rings is 2. The Bertz CT molecular complexity index is 1440. The summed E-state index contributed by atoms with van der Waals surface area (Å²) in [5, 5.41) is 8.27. The highest BCUT2D eigenvalue weighted by molar-refractivity contribution is 6.07. The van der Waals surface area contributed by atoms with Crippen molar-refractivity contribution in [3.05, 3.63) is 83.0 Å². The molecule has 0 radical (unpaired) electrons. The minimum Gasteiger partial charge on any atom is -0.372 e. The Hall–Kier alpha value is -4.04. The van der Waals surface area contributed by atoms with Gasteiger partial charge < -0.3 is 15.0 Å². The van der Waals surface area contributed by atoms with Gasteiger partial charge in [0.1, 0.15) is 0 Å². The van der Waals surface area contributed by atoms with Crippen molar-refractivity contribution >= 4 is 22.8 Å². The van der Waals surface area contributed by atoms with Crippen LogP contribution in [0, 0.1) is 6.92 Å². The highest BCUT2D eigenvalue weighted by Crippen LogP contribution is 2.27. The summed E-state index contributed by atoms with van der Waals surface area (Å²) in [6, 6.07) is 19.0. The van der Waals surface area contributed by atoms with Crippen LogP contribution in [0.1, 0.15) is 45.8 Å². The number of rotatable bonds is 5. The lowest BCUT2D eigenvalue weighted by molar-refractivity contribution is -0.0586. The van der Waals surface area contributed by atoms with Crippen LogP contribution in [0.5, 0.6) is 0 Å². The van der Waals surface area contributed by atoms with Gasteiger partial charge >= 0.3 is 0 Å². The first kappa shape index (κ1) is 24.6. The second-order valence-electron chi connectivity index (χ2n) is 9.68. The summed E-state index contributed by atoms with van der Waals surface area (Å²) in [4.78, 5) is 32.9. The van der Waals surface area contributed by atoms with Gasteiger partial charge in [0.25, 0.3) is 11.8 Å². The zero-order valence-electron chi connectivity index (χ0n) is 21.6. The Kier molecular flexibility index (Phi) is 6.76. The van der Waals surface area contributed by atoms with Crippen molar-refractivity contribution in [1.82, 2.24) is 25.0 Å². The van der Waals surface area contributed by atoms with Crippen LogP contribution < -0.4 is 5.32 Å². The molecule has 190 valence electrons. The number of fused-ring (bicyclic) bond motifs is 1. The number of carbonyl (C=O) groups excluding carboxylic acids is 2. The predicted octanol–water partition coefficient (Wildman–Crippen LogP) is 4.12. The molecule has 2 unspecified atom stereocenters. The Balaban J connectivity index is 1.33. The van der Waals surface area contributed by atoms with E-state index in [1.807, 2.05) is 93.4 Å². The summed E-state index contributed by atoms with van der Waals surface area (Å²) in [6.45, 7) is 7.35. The number of hydrogen-bond donors (Lipinski definition) is 1. The first-order chi connectivity index (χ1) is 17.8. The summed E-state index contributed by atoms with van der Waals surface area (Å²) >= 11 is 0. The molecule has 0 bridgehead atoms. The van der Waals surface area contributed by atoms with E-state index >= 15 is 0 Å². The topological polar surface area (TPSA) is 89.3 Å². The first-order valence-corrected chi connectivity index (χ1v) is 12.5. The molecule has 1 aliphatic heterocycles. The normalized spacial score (nSPS) is 17.7. The molecule has 1 fully saturated rings. The fraction of sp³-hybridized carbons (Fsp3) is 0.310. The fourth-order valence-corrected chi connectivity index (χ4v) is 4.95. The number of morpholine rings is 1. The summed E-state index contributed by atoms with van der Waals surface area (Å²) in [6.07, 6.45) is 0.0420. The highest BCUT2D eigenvalue weighted by Gasteiger charge is 2.26. The minimum absolute atomic E-state index is 0.00254. The number of pyridine rings is 1. The molecule has 2 aromatic carbocycles. The van der Waals surface area contributed by atoms with Crippen LogP contribution in [-0.4, -0.2) is 56.8 Å². The lowest BCUT2D eigenvalue weighted by Crippen LogP contribution is -2.48. The maximum absolute atomic E-state index is 13.4. The maximum Gasteiger partial charge on any atom is 0.254 e. The number of amides is 2. The van der Waals surface area contributed by atoms with Crippen molar-refractivity contribution in [3.63, 3.8) is 0 Å². The van der Waals surface area contributed by atoms with E-state index in [-0.39, 0.29) is 24.0 Å². The third-order valence-corrected chi connectivity index (χ3v) is 6.64. The third-order valence-electron chi connectivity index (χ3n) is 6.64. The van der Waals surface area contributed by atoms with E-state index in [1.54, 1.807) is 4.68 Å². The van der Waals surface area contributed by atoms with Crippen molar-refractivity contribution < 1.29 is 14.3 Å². The molecular weight excluding hydrogens is 466 g/mol. The quantitative estimate of drug-likeness (QED) is 0.448. The van der Waals surface area contributed by atoms with Crippen molar-refractivity contribution in [1.29, 1.82) is 0 Å². The minimum atomic E-state index is -0.197. The number of nitrogens with zero attached hydrogens (tertiary/aromatic N) is 4. The van der Waals surface area contributed by atoms with E-state index in [2.05, 4.69) is 10.4 Å². The van der Waals surface area contributed by atoms with Crippen molar-refractivity contribution in [3.8, 4) is 11.3 Å². The van der Waals surface area contributed by atoms with E-state index in [1.165, 1.54) is 0 Å². The van der Waals surface area contributed by atoms with Crippen LogP contribution in [-0.2, 0) is 18.3 Å². The third kappa shape index (κ3) is 5.11.